The summed E-state index contributed by atoms with van der Waals surface area (Å²) in [6, 6.07) is 8.23. The number of amides is 1. The average molecular weight is 303 g/mol. The first-order valence-electron chi connectivity index (χ1n) is 7.19. The van der Waals surface area contributed by atoms with E-state index in [4.69, 9.17) is 11.6 Å². The van der Waals surface area contributed by atoms with E-state index in [0.717, 1.165) is 42.6 Å². The van der Waals surface area contributed by atoms with Crippen LogP contribution in [0.5, 0.6) is 0 Å². The second-order valence-corrected chi connectivity index (χ2v) is 5.94. The molecule has 0 N–H and O–H groups in total. The molecule has 21 heavy (non-hydrogen) atoms. The molecule has 2 fully saturated rings. The molecule has 0 radical (unpaired) electrons. The molecule has 6 heteroatoms. The van der Waals surface area contributed by atoms with Crippen LogP contribution in [-0.2, 0) is 4.79 Å². The van der Waals surface area contributed by atoms with Crippen LogP contribution in [-0.4, -0.2) is 46.7 Å². The Kier molecular flexibility index (Phi) is 2.96. The lowest BCUT2D eigenvalue weighted by Crippen LogP contribution is -2.51. The van der Waals surface area contributed by atoms with E-state index in [1.54, 1.807) is 0 Å². The van der Waals surface area contributed by atoms with Crippen molar-refractivity contribution in [2.75, 3.05) is 24.5 Å². The minimum Gasteiger partial charge on any atom is -0.351 e. The van der Waals surface area contributed by atoms with Crippen LogP contribution in [0.1, 0.15) is 12.8 Å². The average Bonchev–Trinajstić information content (AvgIpc) is 2.89. The lowest BCUT2D eigenvalue weighted by atomic mass is 10.1. The molecule has 2 aliphatic heterocycles. The Balaban J connectivity index is 1.71. The number of piperazine rings is 1. The van der Waals surface area contributed by atoms with E-state index in [9.17, 15) is 4.79 Å². The number of carbonyl (C=O) groups is 1. The molecule has 1 amide bonds. The molecule has 2 aliphatic rings. The lowest BCUT2D eigenvalue weighted by Gasteiger charge is -2.38. The minimum atomic E-state index is 0.284. The fourth-order valence-electron chi connectivity index (χ4n) is 3.35. The summed E-state index contributed by atoms with van der Waals surface area (Å²) in [7, 11) is 0. The summed E-state index contributed by atoms with van der Waals surface area (Å²) < 4.78 is 0. The summed E-state index contributed by atoms with van der Waals surface area (Å²) >= 11 is 6.13. The maximum Gasteiger partial charge on any atom is 0.223 e. The van der Waals surface area contributed by atoms with Gasteiger partial charge in [0.05, 0.1) is 0 Å². The number of hydrogen-bond acceptors (Lipinski definition) is 4. The third-order valence-electron chi connectivity index (χ3n) is 4.42. The highest BCUT2D eigenvalue weighted by Gasteiger charge is 2.36. The highest BCUT2D eigenvalue weighted by atomic mass is 35.5. The molecule has 0 aliphatic carbocycles. The Labute approximate surface area is 127 Å². The predicted octanol–water partition coefficient (Wildman–Crippen LogP) is 2.09. The third kappa shape index (κ3) is 2.03. The van der Waals surface area contributed by atoms with Crippen molar-refractivity contribution in [3.63, 3.8) is 0 Å². The molecule has 108 valence electrons. The number of hydrogen-bond donors (Lipinski definition) is 0. The summed E-state index contributed by atoms with van der Waals surface area (Å²) in [5.41, 5.74) is 0. The van der Waals surface area contributed by atoms with Crippen molar-refractivity contribution >= 4 is 34.1 Å². The van der Waals surface area contributed by atoms with Gasteiger partial charge in [-0.15, -0.1) is 10.2 Å². The summed E-state index contributed by atoms with van der Waals surface area (Å²) in [4.78, 5) is 16.0. The molecular weight excluding hydrogens is 288 g/mol. The second kappa shape index (κ2) is 4.84. The van der Waals surface area contributed by atoms with Gasteiger partial charge in [0.2, 0.25) is 5.91 Å². The van der Waals surface area contributed by atoms with Gasteiger partial charge < -0.3 is 9.80 Å². The SMILES string of the molecule is O=C1CCC2CN(c3nnc(Cl)c4ccccc34)CCN12. The van der Waals surface area contributed by atoms with Gasteiger partial charge in [-0.25, -0.2) is 0 Å². The van der Waals surface area contributed by atoms with E-state index in [1.165, 1.54) is 0 Å². The molecule has 1 aromatic carbocycles. The summed E-state index contributed by atoms with van der Waals surface area (Å²) in [5, 5.41) is 10.8. The van der Waals surface area contributed by atoms with Gasteiger partial charge in [-0.05, 0) is 6.42 Å². The van der Waals surface area contributed by atoms with Gasteiger partial charge in [0.1, 0.15) is 0 Å². The first-order chi connectivity index (χ1) is 10.2. The van der Waals surface area contributed by atoms with Crippen molar-refractivity contribution in [1.29, 1.82) is 0 Å². The van der Waals surface area contributed by atoms with Gasteiger partial charge in [0, 0.05) is 42.9 Å². The molecule has 2 saturated heterocycles. The summed E-state index contributed by atoms with van der Waals surface area (Å²) in [6.07, 6.45) is 1.61. The Morgan fingerprint density at radius 1 is 1.14 bits per heavy atom. The van der Waals surface area contributed by atoms with E-state index >= 15 is 0 Å². The number of rotatable bonds is 1. The van der Waals surface area contributed by atoms with Crippen LogP contribution in [0.2, 0.25) is 5.15 Å². The van der Waals surface area contributed by atoms with Crippen molar-refractivity contribution in [3.8, 4) is 0 Å². The van der Waals surface area contributed by atoms with E-state index < -0.39 is 0 Å². The van der Waals surface area contributed by atoms with Gasteiger partial charge in [0.25, 0.3) is 0 Å². The number of fused-ring (bicyclic) bond motifs is 2. The van der Waals surface area contributed by atoms with Crippen molar-refractivity contribution in [2.45, 2.75) is 18.9 Å². The van der Waals surface area contributed by atoms with Crippen LogP contribution in [0.25, 0.3) is 10.8 Å². The molecule has 5 nitrogen and oxygen atoms in total. The van der Waals surface area contributed by atoms with Crippen LogP contribution < -0.4 is 4.90 Å². The number of aromatic nitrogens is 2. The van der Waals surface area contributed by atoms with E-state index in [0.29, 0.717) is 17.6 Å². The van der Waals surface area contributed by atoms with E-state index in [2.05, 4.69) is 15.1 Å². The zero-order chi connectivity index (χ0) is 14.4. The Morgan fingerprint density at radius 3 is 2.81 bits per heavy atom. The highest BCUT2D eigenvalue weighted by Crippen LogP contribution is 2.31. The molecule has 3 heterocycles. The lowest BCUT2D eigenvalue weighted by molar-refractivity contribution is -0.129. The number of nitrogens with zero attached hydrogens (tertiary/aromatic N) is 4. The molecule has 0 spiro atoms. The van der Waals surface area contributed by atoms with Crippen molar-refractivity contribution in [3.05, 3.63) is 29.4 Å². The molecule has 1 aromatic heterocycles. The Hall–Kier alpha value is -1.88. The smallest absolute Gasteiger partial charge is 0.223 e. The number of anilines is 1. The highest BCUT2D eigenvalue weighted by molar-refractivity contribution is 6.34. The second-order valence-electron chi connectivity index (χ2n) is 5.59. The molecule has 2 aromatic rings. The summed E-state index contributed by atoms with van der Waals surface area (Å²) in [6.45, 7) is 2.39. The van der Waals surface area contributed by atoms with Crippen molar-refractivity contribution in [2.24, 2.45) is 0 Å². The van der Waals surface area contributed by atoms with Gasteiger partial charge >= 0.3 is 0 Å². The van der Waals surface area contributed by atoms with Crippen LogP contribution in [0.15, 0.2) is 24.3 Å². The van der Waals surface area contributed by atoms with Crippen LogP contribution in [0.4, 0.5) is 5.82 Å². The number of benzene rings is 1. The number of carbonyl (C=O) groups excluding carboxylic acids is 1. The normalized spacial score (nSPS) is 22.0. The van der Waals surface area contributed by atoms with Crippen molar-refractivity contribution in [1.82, 2.24) is 15.1 Å². The predicted molar refractivity (Wildman–Crippen MR) is 81.5 cm³/mol. The van der Waals surface area contributed by atoms with Gasteiger partial charge in [0.15, 0.2) is 11.0 Å². The van der Waals surface area contributed by atoms with E-state index in [1.807, 2.05) is 29.2 Å². The Morgan fingerprint density at radius 2 is 1.95 bits per heavy atom. The molecule has 0 saturated carbocycles. The van der Waals surface area contributed by atoms with Gasteiger partial charge in [-0.1, -0.05) is 35.9 Å². The third-order valence-corrected chi connectivity index (χ3v) is 4.70. The molecule has 0 bridgehead atoms. The zero-order valence-electron chi connectivity index (χ0n) is 11.5. The fraction of sp³-hybridized carbons (Fsp3) is 0.400. The molecule has 4 rings (SSSR count). The van der Waals surface area contributed by atoms with Crippen LogP contribution in [0.3, 0.4) is 0 Å². The first kappa shape index (κ1) is 12.8. The van der Waals surface area contributed by atoms with Gasteiger partial charge in [-0.2, -0.15) is 0 Å². The zero-order valence-corrected chi connectivity index (χ0v) is 12.3. The summed E-state index contributed by atoms with van der Waals surface area (Å²) in [5.74, 6) is 1.15. The van der Waals surface area contributed by atoms with Crippen LogP contribution >= 0.6 is 11.6 Å². The number of halogens is 1. The Bertz CT molecular complexity index is 720. The quantitative estimate of drug-likeness (QED) is 0.809. The monoisotopic (exact) mass is 302 g/mol. The van der Waals surface area contributed by atoms with Gasteiger partial charge in [-0.3, -0.25) is 4.79 Å². The van der Waals surface area contributed by atoms with Crippen molar-refractivity contribution < 1.29 is 4.79 Å². The molecule has 1 unspecified atom stereocenters. The largest absolute Gasteiger partial charge is 0.351 e. The fourth-order valence-corrected chi connectivity index (χ4v) is 3.55. The molecule has 1 atom stereocenters. The van der Waals surface area contributed by atoms with Crippen LogP contribution in [0, 0.1) is 0 Å². The molecular formula is C15H15ClN4O. The maximum atomic E-state index is 11.8. The first-order valence-corrected chi connectivity index (χ1v) is 7.57. The standard InChI is InChI=1S/C15H15ClN4O/c16-14-11-3-1-2-4-12(11)15(18-17-14)19-7-8-20-10(9-19)5-6-13(20)21/h1-4,10H,5-9H2. The maximum absolute atomic E-state index is 11.8. The van der Waals surface area contributed by atoms with E-state index in [-0.39, 0.29) is 5.91 Å². The minimum absolute atomic E-state index is 0.284. The topological polar surface area (TPSA) is 49.3 Å².